The van der Waals surface area contributed by atoms with Crippen LogP contribution in [0.3, 0.4) is 0 Å². The van der Waals surface area contributed by atoms with E-state index < -0.39 is 0 Å². The van der Waals surface area contributed by atoms with Gasteiger partial charge >= 0.3 is 0 Å². The maximum atomic E-state index is 12.8. The molecule has 0 aliphatic carbocycles. The van der Waals surface area contributed by atoms with Crippen LogP contribution in [-0.4, -0.2) is 53.4 Å². The molecule has 1 aliphatic heterocycles. The van der Waals surface area contributed by atoms with Crippen molar-refractivity contribution < 1.29 is 9.53 Å². The van der Waals surface area contributed by atoms with Crippen LogP contribution in [0.2, 0.25) is 0 Å². The zero-order valence-electron chi connectivity index (χ0n) is 17.0. The van der Waals surface area contributed by atoms with E-state index in [1.54, 1.807) is 7.11 Å². The van der Waals surface area contributed by atoms with Gasteiger partial charge in [-0.1, -0.05) is 12.1 Å². The van der Waals surface area contributed by atoms with Crippen molar-refractivity contribution in [2.75, 3.05) is 31.6 Å². The smallest absolute Gasteiger partial charge is 0.223 e. The summed E-state index contributed by atoms with van der Waals surface area (Å²) < 4.78 is 7.38. The van der Waals surface area contributed by atoms with E-state index in [0.29, 0.717) is 6.42 Å². The quantitative estimate of drug-likeness (QED) is 0.812. The maximum absolute atomic E-state index is 12.8. The number of hydrogen-bond acceptors (Lipinski definition) is 4. The number of piperazine rings is 1. The van der Waals surface area contributed by atoms with Gasteiger partial charge in [0.25, 0.3) is 0 Å². The second-order valence-corrected chi connectivity index (χ2v) is 7.33. The Bertz CT molecular complexity index is 815. The molecule has 0 spiro atoms. The van der Waals surface area contributed by atoms with E-state index in [-0.39, 0.29) is 11.9 Å². The van der Waals surface area contributed by atoms with Gasteiger partial charge in [-0.15, -0.1) is 0 Å². The molecule has 0 N–H and O–H groups in total. The number of ether oxygens (including phenoxy) is 1. The van der Waals surface area contributed by atoms with Crippen LogP contribution in [0.4, 0.5) is 5.69 Å². The van der Waals surface area contributed by atoms with Crippen molar-refractivity contribution in [3.8, 4) is 5.75 Å². The highest BCUT2D eigenvalue weighted by Crippen LogP contribution is 2.29. The molecule has 2 aromatic rings. The van der Waals surface area contributed by atoms with Crippen molar-refractivity contribution in [1.29, 1.82) is 0 Å². The Kier molecular flexibility index (Phi) is 5.73. The standard InChI is InChI=1S/C21H30N4O2/c1-15-14-24(19-8-6-7-9-20(19)27-5)12-13-25(15)21(26)11-10-18-16(2)22-23(4)17(18)3/h6-9,15H,10-14H2,1-5H3/t15-/m0/s1. The van der Waals surface area contributed by atoms with Crippen LogP contribution in [0.5, 0.6) is 5.75 Å². The molecule has 6 heteroatoms. The minimum atomic E-state index is 0.173. The topological polar surface area (TPSA) is 50.6 Å². The molecule has 0 radical (unpaired) electrons. The second kappa shape index (κ2) is 8.03. The highest BCUT2D eigenvalue weighted by molar-refractivity contribution is 5.77. The molecule has 1 fully saturated rings. The predicted molar refractivity (Wildman–Crippen MR) is 107 cm³/mol. The molecule has 1 aromatic heterocycles. The SMILES string of the molecule is COc1ccccc1N1CCN(C(=O)CCc2c(C)nn(C)c2C)[C@@H](C)C1. The molecule has 146 valence electrons. The summed E-state index contributed by atoms with van der Waals surface area (Å²) in [4.78, 5) is 17.2. The molecular weight excluding hydrogens is 340 g/mol. The van der Waals surface area contributed by atoms with Gasteiger partial charge in [-0.3, -0.25) is 9.48 Å². The summed E-state index contributed by atoms with van der Waals surface area (Å²) in [5.74, 6) is 1.11. The van der Waals surface area contributed by atoms with Crippen molar-refractivity contribution in [1.82, 2.24) is 14.7 Å². The fourth-order valence-electron chi connectivity index (χ4n) is 3.99. The van der Waals surface area contributed by atoms with Crippen LogP contribution in [0.15, 0.2) is 24.3 Å². The van der Waals surface area contributed by atoms with Crippen molar-refractivity contribution in [3.05, 3.63) is 41.2 Å². The van der Waals surface area contributed by atoms with E-state index in [2.05, 4.69) is 29.9 Å². The fourth-order valence-corrected chi connectivity index (χ4v) is 3.99. The van der Waals surface area contributed by atoms with E-state index in [1.165, 1.54) is 5.56 Å². The first kappa shape index (κ1) is 19.3. The Morgan fingerprint density at radius 1 is 1.26 bits per heavy atom. The lowest BCUT2D eigenvalue weighted by Crippen LogP contribution is -2.54. The lowest BCUT2D eigenvalue weighted by atomic mass is 10.1. The minimum absolute atomic E-state index is 0.173. The number of benzene rings is 1. The zero-order valence-corrected chi connectivity index (χ0v) is 17.0. The summed E-state index contributed by atoms with van der Waals surface area (Å²) in [5, 5.41) is 4.45. The van der Waals surface area contributed by atoms with Crippen molar-refractivity contribution >= 4 is 11.6 Å². The molecule has 1 saturated heterocycles. The van der Waals surface area contributed by atoms with Crippen molar-refractivity contribution in [2.24, 2.45) is 7.05 Å². The molecule has 1 aliphatic rings. The van der Waals surface area contributed by atoms with Gasteiger partial charge in [0.05, 0.1) is 18.5 Å². The third kappa shape index (κ3) is 3.94. The molecule has 3 rings (SSSR count). The molecule has 0 saturated carbocycles. The van der Waals surface area contributed by atoms with Crippen LogP contribution < -0.4 is 9.64 Å². The number of aromatic nitrogens is 2. The monoisotopic (exact) mass is 370 g/mol. The number of aryl methyl sites for hydroxylation is 2. The molecule has 1 aromatic carbocycles. The molecule has 0 unspecified atom stereocenters. The van der Waals surface area contributed by atoms with Gasteiger partial charge in [0, 0.05) is 44.8 Å². The highest BCUT2D eigenvalue weighted by atomic mass is 16.5. The normalized spacial score (nSPS) is 17.3. The van der Waals surface area contributed by atoms with E-state index >= 15 is 0 Å². The maximum Gasteiger partial charge on any atom is 0.223 e. The number of para-hydroxylation sites is 2. The molecular formula is C21H30N4O2. The lowest BCUT2D eigenvalue weighted by Gasteiger charge is -2.41. The first-order chi connectivity index (χ1) is 12.9. The predicted octanol–water partition coefficient (Wildman–Crippen LogP) is 2.72. The number of methoxy groups -OCH3 is 1. The lowest BCUT2D eigenvalue weighted by molar-refractivity contribution is -0.133. The largest absolute Gasteiger partial charge is 0.495 e. The van der Waals surface area contributed by atoms with E-state index in [4.69, 9.17) is 4.74 Å². The van der Waals surface area contributed by atoms with Crippen LogP contribution >= 0.6 is 0 Å². The Morgan fingerprint density at radius 2 is 2.00 bits per heavy atom. The summed E-state index contributed by atoms with van der Waals surface area (Å²) in [6, 6.07) is 8.24. The first-order valence-electron chi connectivity index (χ1n) is 9.59. The number of carbonyl (C=O) groups excluding carboxylic acids is 1. The van der Waals surface area contributed by atoms with Crippen molar-refractivity contribution in [3.63, 3.8) is 0 Å². The summed E-state index contributed by atoms with van der Waals surface area (Å²) in [6.45, 7) is 8.58. The fraction of sp³-hybridized carbons (Fsp3) is 0.524. The number of rotatable bonds is 5. The average Bonchev–Trinajstić information content (AvgIpc) is 2.91. The summed E-state index contributed by atoms with van der Waals surface area (Å²) >= 11 is 0. The van der Waals surface area contributed by atoms with Gasteiger partial charge in [0.15, 0.2) is 0 Å². The van der Waals surface area contributed by atoms with Crippen LogP contribution in [0.1, 0.15) is 30.3 Å². The molecule has 2 heterocycles. The van der Waals surface area contributed by atoms with Gasteiger partial charge in [-0.2, -0.15) is 5.10 Å². The molecule has 1 atom stereocenters. The molecule has 0 bridgehead atoms. The molecule has 1 amide bonds. The van der Waals surface area contributed by atoms with Gasteiger partial charge in [0.2, 0.25) is 5.91 Å². The highest BCUT2D eigenvalue weighted by Gasteiger charge is 2.28. The third-order valence-corrected chi connectivity index (χ3v) is 5.62. The Balaban J connectivity index is 1.61. The molecule has 6 nitrogen and oxygen atoms in total. The number of hydrogen-bond donors (Lipinski definition) is 0. The van der Waals surface area contributed by atoms with Gasteiger partial charge in [-0.25, -0.2) is 0 Å². The Labute approximate surface area is 161 Å². The Morgan fingerprint density at radius 3 is 2.63 bits per heavy atom. The van der Waals surface area contributed by atoms with E-state index in [0.717, 1.165) is 48.9 Å². The number of carbonyl (C=O) groups is 1. The van der Waals surface area contributed by atoms with Gasteiger partial charge in [0.1, 0.15) is 5.75 Å². The first-order valence-corrected chi connectivity index (χ1v) is 9.59. The van der Waals surface area contributed by atoms with Crippen LogP contribution in [0, 0.1) is 13.8 Å². The summed E-state index contributed by atoms with van der Waals surface area (Å²) in [6.07, 6.45) is 1.29. The van der Waals surface area contributed by atoms with E-state index in [1.807, 2.05) is 41.8 Å². The summed E-state index contributed by atoms with van der Waals surface area (Å²) in [7, 11) is 3.65. The van der Waals surface area contributed by atoms with Gasteiger partial charge in [-0.05, 0) is 44.9 Å². The number of amides is 1. The molecule has 27 heavy (non-hydrogen) atoms. The summed E-state index contributed by atoms with van der Waals surface area (Å²) in [5.41, 5.74) is 4.47. The average molecular weight is 370 g/mol. The second-order valence-electron chi connectivity index (χ2n) is 7.33. The zero-order chi connectivity index (χ0) is 19.6. The van der Waals surface area contributed by atoms with Crippen molar-refractivity contribution in [2.45, 2.75) is 39.7 Å². The van der Waals surface area contributed by atoms with E-state index in [9.17, 15) is 4.79 Å². The van der Waals surface area contributed by atoms with Crippen LogP contribution in [-0.2, 0) is 18.3 Å². The third-order valence-electron chi connectivity index (χ3n) is 5.62. The Hall–Kier alpha value is -2.50. The van der Waals surface area contributed by atoms with Gasteiger partial charge < -0.3 is 14.5 Å². The number of nitrogens with zero attached hydrogens (tertiary/aromatic N) is 4. The minimum Gasteiger partial charge on any atom is -0.495 e. The van der Waals surface area contributed by atoms with Crippen LogP contribution in [0.25, 0.3) is 0 Å². The number of anilines is 1.